The van der Waals surface area contributed by atoms with E-state index in [1.165, 1.54) is 24.3 Å². The summed E-state index contributed by atoms with van der Waals surface area (Å²) >= 11 is 6.15. The maximum Gasteiger partial charge on any atom is 0.277 e. The van der Waals surface area contributed by atoms with Crippen LogP contribution in [0, 0.1) is 0 Å². The minimum Gasteiger partial charge on any atom is -0.491 e. The Labute approximate surface area is 167 Å². The zero-order valence-electron chi connectivity index (χ0n) is 15.0. The predicted molar refractivity (Wildman–Crippen MR) is 105 cm³/mol. The number of amides is 2. The summed E-state index contributed by atoms with van der Waals surface area (Å²) in [5.74, 6) is -0.661. The number of ether oxygens (including phenoxy) is 1. The van der Waals surface area contributed by atoms with Crippen molar-refractivity contribution in [2.45, 2.75) is 24.8 Å². The first kappa shape index (κ1) is 20.1. The fraction of sp³-hybridized carbons (Fsp3) is 0.158. The van der Waals surface area contributed by atoms with Gasteiger partial charge in [-0.2, -0.15) is 0 Å². The van der Waals surface area contributed by atoms with Crippen LogP contribution in [0.5, 0.6) is 5.75 Å². The minimum absolute atomic E-state index is 0.000794. The molecular weight excluding hydrogens is 404 g/mol. The molecule has 146 valence electrons. The molecule has 1 heterocycles. The van der Waals surface area contributed by atoms with Crippen LogP contribution in [0.1, 0.15) is 19.4 Å². The molecule has 0 unspecified atom stereocenters. The van der Waals surface area contributed by atoms with Crippen LogP contribution in [0.25, 0.3) is 5.57 Å². The number of nitrogens with zero attached hydrogens (tertiary/aromatic N) is 1. The van der Waals surface area contributed by atoms with Gasteiger partial charge in [0.2, 0.25) is 10.0 Å². The third-order valence-corrected chi connectivity index (χ3v) is 5.25. The van der Waals surface area contributed by atoms with E-state index in [4.69, 9.17) is 21.5 Å². The van der Waals surface area contributed by atoms with Gasteiger partial charge in [0.15, 0.2) is 0 Å². The van der Waals surface area contributed by atoms with Crippen LogP contribution in [-0.4, -0.2) is 26.3 Å². The van der Waals surface area contributed by atoms with Crippen molar-refractivity contribution in [1.29, 1.82) is 0 Å². The lowest BCUT2D eigenvalue weighted by Crippen LogP contribution is -2.31. The highest BCUT2D eigenvalue weighted by atomic mass is 35.5. The molecule has 9 heteroatoms. The number of hydrogen-bond acceptors (Lipinski definition) is 5. The Kier molecular flexibility index (Phi) is 5.29. The molecular formula is C19H17ClN2O5S. The Bertz CT molecular complexity index is 1070. The minimum atomic E-state index is -3.88. The quantitative estimate of drug-likeness (QED) is 0.748. The number of primary sulfonamides is 1. The summed E-state index contributed by atoms with van der Waals surface area (Å²) in [5, 5.41) is 4.85. The molecule has 1 aliphatic heterocycles. The van der Waals surface area contributed by atoms with Crippen molar-refractivity contribution in [2.75, 3.05) is 4.90 Å². The third-order valence-electron chi connectivity index (χ3n) is 3.97. The molecule has 0 aromatic heterocycles. The van der Waals surface area contributed by atoms with Gasteiger partial charge in [-0.25, -0.2) is 18.5 Å². The van der Waals surface area contributed by atoms with E-state index in [1.54, 1.807) is 24.3 Å². The lowest BCUT2D eigenvalue weighted by atomic mass is 10.1. The largest absolute Gasteiger partial charge is 0.491 e. The van der Waals surface area contributed by atoms with Crippen molar-refractivity contribution in [1.82, 2.24) is 0 Å². The molecule has 0 radical (unpaired) electrons. The van der Waals surface area contributed by atoms with Gasteiger partial charge in [0.25, 0.3) is 11.8 Å². The maximum absolute atomic E-state index is 12.9. The maximum atomic E-state index is 12.9. The zero-order chi connectivity index (χ0) is 20.6. The SMILES string of the molecule is CC(C)Oc1ccc(C2=C(Cl)C(=O)N(c3ccc(S(N)(=O)=O)cc3)C2=O)cc1. The summed E-state index contributed by atoms with van der Waals surface area (Å²) in [7, 11) is -3.88. The average Bonchev–Trinajstić information content (AvgIpc) is 2.84. The van der Waals surface area contributed by atoms with Gasteiger partial charge in [0, 0.05) is 0 Å². The van der Waals surface area contributed by atoms with E-state index in [0.717, 1.165) is 4.90 Å². The van der Waals surface area contributed by atoms with Crippen LogP contribution in [-0.2, 0) is 19.6 Å². The van der Waals surface area contributed by atoms with E-state index in [0.29, 0.717) is 11.3 Å². The molecule has 0 fully saturated rings. The highest BCUT2D eigenvalue weighted by Crippen LogP contribution is 2.35. The number of sulfonamides is 1. The summed E-state index contributed by atoms with van der Waals surface area (Å²) in [4.78, 5) is 26.2. The molecule has 28 heavy (non-hydrogen) atoms. The van der Waals surface area contributed by atoms with Crippen LogP contribution < -0.4 is 14.8 Å². The van der Waals surface area contributed by atoms with Crippen LogP contribution >= 0.6 is 11.6 Å². The van der Waals surface area contributed by atoms with E-state index < -0.39 is 21.8 Å². The first-order chi connectivity index (χ1) is 13.1. The zero-order valence-corrected chi connectivity index (χ0v) is 16.6. The topological polar surface area (TPSA) is 107 Å². The molecule has 0 spiro atoms. The number of rotatable bonds is 5. The number of carbonyl (C=O) groups is 2. The number of nitrogens with two attached hydrogens (primary N) is 1. The van der Waals surface area contributed by atoms with Gasteiger partial charge in [0.1, 0.15) is 10.8 Å². The molecule has 0 aliphatic carbocycles. The number of imide groups is 1. The Morgan fingerprint density at radius 1 is 0.964 bits per heavy atom. The monoisotopic (exact) mass is 420 g/mol. The van der Waals surface area contributed by atoms with Gasteiger partial charge in [0.05, 0.1) is 22.3 Å². The third kappa shape index (κ3) is 3.80. The lowest BCUT2D eigenvalue weighted by molar-refractivity contribution is -0.119. The number of carbonyl (C=O) groups excluding carboxylic acids is 2. The van der Waals surface area contributed by atoms with Crippen molar-refractivity contribution in [3.63, 3.8) is 0 Å². The van der Waals surface area contributed by atoms with Crippen LogP contribution in [0.2, 0.25) is 0 Å². The fourth-order valence-electron chi connectivity index (χ4n) is 2.74. The van der Waals surface area contributed by atoms with Crippen LogP contribution in [0.3, 0.4) is 0 Å². The van der Waals surface area contributed by atoms with Crippen molar-refractivity contribution < 1.29 is 22.7 Å². The highest BCUT2D eigenvalue weighted by Gasteiger charge is 2.39. The second-order valence-corrected chi connectivity index (χ2v) is 8.30. The number of benzene rings is 2. The standard InChI is InChI=1S/C19H17ClN2O5S/c1-11(2)27-14-7-3-12(4-8-14)16-17(20)19(24)22(18(16)23)13-5-9-15(10-6-13)28(21,25)26/h3-11H,1-2H3,(H2,21,25,26). The summed E-state index contributed by atoms with van der Waals surface area (Å²) < 4.78 is 28.3. The first-order valence-corrected chi connectivity index (χ1v) is 10.2. The molecule has 1 aliphatic rings. The summed E-state index contributed by atoms with van der Waals surface area (Å²) in [5.41, 5.74) is 0.733. The van der Waals surface area contributed by atoms with Crippen LogP contribution in [0.4, 0.5) is 5.69 Å². The van der Waals surface area contributed by atoms with E-state index >= 15 is 0 Å². The highest BCUT2D eigenvalue weighted by molar-refractivity contribution is 7.89. The fourth-order valence-corrected chi connectivity index (χ4v) is 3.53. The van der Waals surface area contributed by atoms with Gasteiger partial charge < -0.3 is 4.74 Å². The molecule has 0 saturated carbocycles. The first-order valence-electron chi connectivity index (χ1n) is 8.28. The van der Waals surface area contributed by atoms with Gasteiger partial charge in [-0.3, -0.25) is 9.59 Å². The molecule has 0 bridgehead atoms. The molecule has 2 aromatic carbocycles. The van der Waals surface area contributed by atoms with E-state index in [1.807, 2.05) is 13.8 Å². The normalized spacial score (nSPS) is 15.0. The van der Waals surface area contributed by atoms with Crippen molar-refractivity contribution in [2.24, 2.45) is 5.14 Å². The van der Waals surface area contributed by atoms with Crippen molar-refractivity contribution >= 4 is 44.7 Å². The molecule has 2 aromatic rings. The van der Waals surface area contributed by atoms with Crippen molar-refractivity contribution in [3.8, 4) is 5.75 Å². The summed E-state index contributed by atoms with van der Waals surface area (Å²) in [6.45, 7) is 3.79. The predicted octanol–water partition coefficient (Wildman–Crippen LogP) is 2.64. The van der Waals surface area contributed by atoms with Gasteiger partial charge in [-0.15, -0.1) is 0 Å². The Hall–Kier alpha value is -2.68. The van der Waals surface area contributed by atoms with Crippen molar-refractivity contribution in [3.05, 3.63) is 59.1 Å². The summed E-state index contributed by atoms with van der Waals surface area (Å²) in [6.07, 6.45) is -0.000794. The molecule has 7 nitrogen and oxygen atoms in total. The lowest BCUT2D eigenvalue weighted by Gasteiger charge is -2.15. The molecule has 0 atom stereocenters. The second-order valence-electron chi connectivity index (χ2n) is 6.36. The van der Waals surface area contributed by atoms with E-state index in [2.05, 4.69) is 0 Å². The summed E-state index contributed by atoms with van der Waals surface area (Å²) in [6, 6.07) is 11.7. The Balaban J connectivity index is 1.92. The van der Waals surface area contributed by atoms with E-state index in [-0.39, 0.29) is 27.3 Å². The number of hydrogen-bond donors (Lipinski definition) is 1. The number of anilines is 1. The van der Waals surface area contributed by atoms with Gasteiger partial charge in [-0.05, 0) is 55.8 Å². The second kappa shape index (κ2) is 7.38. The smallest absolute Gasteiger partial charge is 0.277 e. The Morgan fingerprint density at radius 2 is 1.54 bits per heavy atom. The number of halogens is 1. The average molecular weight is 421 g/mol. The molecule has 2 N–H and O–H groups in total. The van der Waals surface area contributed by atoms with Gasteiger partial charge >= 0.3 is 0 Å². The van der Waals surface area contributed by atoms with Crippen LogP contribution in [0.15, 0.2) is 58.5 Å². The molecule has 3 rings (SSSR count). The molecule has 2 amide bonds. The molecule has 0 saturated heterocycles. The Morgan fingerprint density at radius 3 is 2.04 bits per heavy atom. The van der Waals surface area contributed by atoms with E-state index in [9.17, 15) is 18.0 Å². The van der Waals surface area contributed by atoms with Gasteiger partial charge in [-0.1, -0.05) is 23.7 Å².